The van der Waals surface area contributed by atoms with E-state index in [2.05, 4.69) is 5.32 Å². The van der Waals surface area contributed by atoms with Crippen LogP contribution in [-0.4, -0.2) is 5.91 Å². The van der Waals surface area contributed by atoms with Gasteiger partial charge in [-0.25, -0.2) is 0 Å². The van der Waals surface area contributed by atoms with E-state index in [4.69, 9.17) is 5.73 Å². The number of nitrogens with two attached hydrogens (primary N) is 1. The molecule has 3 nitrogen and oxygen atoms in total. The van der Waals surface area contributed by atoms with Crippen LogP contribution >= 0.6 is 0 Å². The molecule has 0 atom stereocenters. The minimum Gasteiger partial charge on any atom is -0.399 e. The smallest absolute Gasteiger partial charge is 0.256 e. The van der Waals surface area contributed by atoms with E-state index in [0.29, 0.717) is 11.3 Å². The molecule has 0 aliphatic carbocycles. The Kier molecular flexibility index (Phi) is 3.55. The Labute approximate surface area is 129 Å². The van der Waals surface area contributed by atoms with E-state index in [1.807, 2.05) is 68.4 Å². The SMILES string of the molecule is Cc1cc(N)cc(C)c1NC(=O)c1cccc2ccccc12. The van der Waals surface area contributed by atoms with Gasteiger partial charge in [0.05, 0.1) is 0 Å². The van der Waals surface area contributed by atoms with Crippen LogP contribution in [0.5, 0.6) is 0 Å². The van der Waals surface area contributed by atoms with Gasteiger partial charge >= 0.3 is 0 Å². The Morgan fingerprint density at radius 3 is 2.32 bits per heavy atom. The molecule has 0 saturated heterocycles. The molecule has 110 valence electrons. The molecule has 3 N–H and O–H groups in total. The zero-order valence-electron chi connectivity index (χ0n) is 12.7. The van der Waals surface area contributed by atoms with E-state index in [0.717, 1.165) is 27.6 Å². The van der Waals surface area contributed by atoms with E-state index < -0.39 is 0 Å². The molecule has 3 aromatic rings. The molecule has 0 radical (unpaired) electrons. The Hall–Kier alpha value is -2.81. The Morgan fingerprint density at radius 1 is 0.955 bits per heavy atom. The van der Waals surface area contributed by atoms with Crippen LogP contribution < -0.4 is 11.1 Å². The van der Waals surface area contributed by atoms with E-state index in [-0.39, 0.29) is 5.91 Å². The number of carbonyl (C=O) groups excluding carboxylic acids is 1. The number of nitrogens with one attached hydrogen (secondary N) is 1. The van der Waals surface area contributed by atoms with Gasteiger partial charge in [0.1, 0.15) is 0 Å². The molecular weight excluding hydrogens is 272 g/mol. The fourth-order valence-electron chi connectivity index (χ4n) is 2.80. The molecule has 0 saturated carbocycles. The number of hydrogen-bond acceptors (Lipinski definition) is 2. The van der Waals surface area contributed by atoms with Crippen LogP contribution in [0.25, 0.3) is 10.8 Å². The van der Waals surface area contributed by atoms with Gasteiger partial charge in [-0.3, -0.25) is 4.79 Å². The van der Waals surface area contributed by atoms with Gasteiger partial charge < -0.3 is 11.1 Å². The molecule has 22 heavy (non-hydrogen) atoms. The maximum Gasteiger partial charge on any atom is 0.256 e. The van der Waals surface area contributed by atoms with Gasteiger partial charge in [-0.2, -0.15) is 0 Å². The second-order valence-electron chi connectivity index (χ2n) is 5.51. The summed E-state index contributed by atoms with van der Waals surface area (Å²) >= 11 is 0. The zero-order valence-corrected chi connectivity index (χ0v) is 12.7. The molecule has 1 amide bonds. The van der Waals surface area contributed by atoms with Crippen LogP contribution in [-0.2, 0) is 0 Å². The highest BCUT2D eigenvalue weighted by Gasteiger charge is 2.12. The molecule has 0 heterocycles. The third-order valence-electron chi connectivity index (χ3n) is 3.83. The van der Waals surface area contributed by atoms with Crippen molar-refractivity contribution in [3.05, 3.63) is 71.3 Å². The predicted octanol–water partition coefficient (Wildman–Crippen LogP) is 4.29. The van der Waals surface area contributed by atoms with Gasteiger partial charge in [-0.15, -0.1) is 0 Å². The van der Waals surface area contributed by atoms with E-state index >= 15 is 0 Å². The molecule has 3 rings (SSSR count). The molecule has 3 aromatic carbocycles. The summed E-state index contributed by atoms with van der Waals surface area (Å²) < 4.78 is 0. The second kappa shape index (κ2) is 5.53. The maximum atomic E-state index is 12.7. The monoisotopic (exact) mass is 290 g/mol. The molecule has 3 heteroatoms. The Balaban J connectivity index is 2.01. The van der Waals surface area contributed by atoms with Crippen LogP contribution in [0.1, 0.15) is 21.5 Å². The molecule has 0 spiro atoms. The topological polar surface area (TPSA) is 55.1 Å². The predicted molar refractivity (Wildman–Crippen MR) is 92.2 cm³/mol. The third kappa shape index (κ3) is 2.53. The van der Waals surface area contributed by atoms with Crippen molar-refractivity contribution in [1.82, 2.24) is 0 Å². The van der Waals surface area contributed by atoms with Crippen molar-refractivity contribution >= 4 is 28.1 Å². The van der Waals surface area contributed by atoms with Crippen LogP contribution in [0.2, 0.25) is 0 Å². The van der Waals surface area contributed by atoms with E-state index in [1.165, 1.54) is 0 Å². The first-order valence-corrected chi connectivity index (χ1v) is 7.22. The molecule has 0 fully saturated rings. The maximum absolute atomic E-state index is 12.7. The van der Waals surface area contributed by atoms with Crippen molar-refractivity contribution in [2.45, 2.75) is 13.8 Å². The number of rotatable bonds is 2. The Morgan fingerprint density at radius 2 is 1.59 bits per heavy atom. The summed E-state index contributed by atoms with van der Waals surface area (Å²) in [4.78, 5) is 12.7. The zero-order chi connectivity index (χ0) is 15.7. The number of fused-ring (bicyclic) bond motifs is 1. The summed E-state index contributed by atoms with van der Waals surface area (Å²) in [5.74, 6) is -0.104. The highest BCUT2D eigenvalue weighted by molar-refractivity contribution is 6.13. The highest BCUT2D eigenvalue weighted by Crippen LogP contribution is 2.25. The number of benzene rings is 3. The number of carbonyl (C=O) groups is 1. The van der Waals surface area contributed by atoms with Gasteiger partial charge in [0.25, 0.3) is 5.91 Å². The van der Waals surface area contributed by atoms with Gasteiger partial charge in [-0.05, 0) is 53.9 Å². The quantitative estimate of drug-likeness (QED) is 0.692. The van der Waals surface area contributed by atoms with Gasteiger partial charge in [0.2, 0.25) is 0 Å². The summed E-state index contributed by atoms with van der Waals surface area (Å²) in [5, 5.41) is 5.03. The lowest BCUT2D eigenvalue weighted by Crippen LogP contribution is -2.14. The normalized spacial score (nSPS) is 10.6. The first-order chi connectivity index (χ1) is 10.6. The van der Waals surface area contributed by atoms with Crippen molar-refractivity contribution < 1.29 is 4.79 Å². The molecular formula is C19H18N2O. The number of amides is 1. The lowest BCUT2D eigenvalue weighted by molar-refractivity contribution is 0.102. The standard InChI is InChI=1S/C19H18N2O/c1-12-10-15(20)11-13(2)18(12)21-19(22)17-9-5-7-14-6-3-4-8-16(14)17/h3-11H,20H2,1-2H3,(H,21,22). The first-order valence-electron chi connectivity index (χ1n) is 7.22. The molecule has 0 bridgehead atoms. The number of anilines is 2. The minimum absolute atomic E-state index is 0.104. The van der Waals surface area contributed by atoms with Crippen molar-refractivity contribution in [3.63, 3.8) is 0 Å². The van der Waals surface area contributed by atoms with E-state index in [9.17, 15) is 4.79 Å². The van der Waals surface area contributed by atoms with Crippen molar-refractivity contribution in [3.8, 4) is 0 Å². The minimum atomic E-state index is -0.104. The number of nitrogen functional groups attached to an aromatic ring is 1. The van der Waals surface area contributed by atoms with Crippen molar-refractivity contribution in [2.75, 3.05) is 11.1 Å². The lowest BCUT2D eigenvalue weighted by Gasteiger charge is -2.13. The van der Waals surface area contributed by atoms with Gasteiger partial charge in [0, 0.05) is 16.9 Å². The van der Waals surface area contributed by atoms with Crippen molar-refractivity contribution in [1.29, 1.82) is 0 Å². The first kappa shape index (κ1) is 14.1. The summed E-state index contributed by atoms with van der Waals surface area (Å²) in [7, 11) is 0. The molecule has 0 aliphatic heterocycles. The van der Waals surface area contributed by atoms with Crippen molar-refractivity contribution in [2.24, 2.45) is 0 Å². The van der Waals surface area contributed by atoms with Crippen LogP contribution in [0.15, 0.2) is 54.6 Å². The summed E-state index contributed by atoms with van der Waals surface area (Å²) in [5.41, 5.74) is 9.97. The number of hydrogen-bond donors (Lipinski definition) is 2. The highest BCUT2D eigenvalue weighted by atomic mass is 16.1. The molecule has 0 aliphatic rings. The largest absolute Gasteiger partial charge is 0.399 e. The van der Waals surface area contributed by atoms with Crippen LogP contribution in [0.4, 0.5) is 11.4 Å². The van der Waals surface area contributed by atoms with Crippen LogP contribution in [0.3, 0.4) is 0 Å². The summed E-state index contributed by atoms with van der Waals surface area (Å²) in [6, 6.07) is 17.4. The number of aryl methyl sites for hydroxylation is 2. The van der Waals surface area contributed by atoms with Gasteiger partial charge in [-0.1, -0.05) is 36.4 Å². The molecule has 0 unspecified atom stereocenters. The second-order valence-corrected chi connectivity index (χ2v) is 5.51. The average Bonchev–Trinajstić information content (AvgIpc) is 2.50. The lowest BCUT2D eigenvalue weighted by atomic mass is 10.0. The fourth-order valence-corrected chi connectivity index (χ4v) is 2.80. The third-order valence-corrected chi connectivity index (χ3v) is 3.83. The average molecular weight is 290 g/mol. The van der Waals surface area contributed by atoms with Crippen LogP contribution in [0, 0.1) is 13.8 Å². The van der Waals surface area contributed by atoms with E-state index in [1.54, 1.807) is 0 Å². The summed E-state index contributed by atoms with van der Waals surface area (Å²) in [6.45, 7) is 3.89. The fraction of sp³-hybridized carbons (Fsp3) is 0.105. The summed E-state index contributed by atoms with van der Waals surface area (Å²) in [6.07, 6.45) is 0. The molecule has 0 aromatic heterocycles. The van der Waals surface area contributed by atoms with Gasteiger partial charge in [0.15, 0.2) is 0 Å². The Bertz CT molecular complexity index is 840.